The maximum absolute atomic E-state index is 6.17. The quantitative estimate of drug-likeness (QED) is 0.0593. The van der Waals surface area contributed by atoms with Gasteiger partial charge in [0.2, 0.25) is 0 Å². The third-order valence-electron chi connectivity index (χ3n) is 19.0. The summed E-state index contributed by atoms with van der Waals surface area (Å²) in [6.45, 7) is 15.2. The summed E-state index contributed by atoms with van der Waals surface area (Å²) in [7, 11) is 0. The maximum atomic E-state index is 6.17. The third-order valence-corrected chi connectivity index (χ3v) is 19.0. The smallest absolute Gasteiger partial charge is 0.119 e. The number of nitrogens with zero attached hydrogens (tertiary/aromatic N) is 2. The summed E-state index contributed by atoms with van der Waals surface area (Å²) in [4.78, 5) is 5.12. The molecule has 1 heterocycles. The van der Waals surface area contributed by atoms with Crippen molar-refractivity contribution in [1.29, 1.82) is 0 Å². The second kappa shape index (κ2) is 23.7. The molecule has 7 aromatic rings. The normalized spacial score (nSPS) is 21.3. The van der Waals surface area contributed by atoms with E-state index in [1.54, 1.807) is 0 Å². The van der Waals surface area contributed by atoms with Gasteiger partial charge in [-0.1, -0.05) is 209 Å². The van der Waals surface area contributed by atoms with Gasteiger partial charge in [-0.2, -0.15) is 0 Å². The standard InChI is InChI=1S/C80H76N2O/c1-5-57-26-32-60(33-27-57)61-36-40-67(41-37-61)82-78-48-38-63(62-34-28-58(6-2)29-35-62)53-74(78)75-54-64(39-49-79(75)82)71-46-42-68(52-56(71)4)81(66-22-14-11-15-23-66)69-43-47-73-72-24-16-17-25-76(72)80(77(73)55-69,65-20-12-10-13-21-65)50-18-8-9-19-51-83-70-44-30-59(7-3)31-45-70/h5-7,10-17,20-27,30-34,36-46,48-49,54-56,58,73-74H,1-3,8-9,18-19,28-29,35,47,50-53H2,4H3. The van der Waals surface area contributed by atoms with Crippen molar-refractivity contribution >= 4 is 34.8 Å². The Kier molecular flexibility index (Phi) is 15.3. The van der Waals surface area contributed by atoms with Crippen LogP contribution in [0.1, 0.15) is 128 Å². The fourth-order valence-corrected chi connectivity index (χ4v) is 14.6. The molecule has 6 aliphatic rings. The number of hydrogen-bond acceptors (Lipinski definition) is 3. The number of anilines is 3. The van der Waals surface area contributed by atoms with Gasteiger partial charge in [0.25, 0.3) is 0 Å². The van der Waals surface area contributed by atoms with Crippen LogP contribution < -0.4 is 14.5 Å². The fraction of sp³-hybridized carbons (Fsp3) is 0.225. The lowest BCUT2D eigenvalue weighted by molar-refractivity contribution is 0.303. The van der Waals surface area contributed by atoms with Crippen molar-refractivity contribution in [1.82, 2.24) is 0 Å². The molecule has 0 N–H and O–H groups in total. The Morgan fingerprint density at radius 1 is 0.614 bits per heavy atom. The van der Waals surface area contributed by atoms with E-state index in [-0.39, 0.29) is 11.3 Å². The molecule has 0 aromatic heterocycles. The molecule has 5 aliphatic carbocycles. The van der Waals surface area contributed by atoms with E-state index in [2.05, 4.69) is 249 Å². The molecule has 3 heteroatoms. The van der Waals surface area contributed by atoms with Crippen molar-refractivity contribution in [3.63, 3.8) is 0 Å². The average Bonchev–Trinajstić information content (AvgIpc) is 3.04. The number of allylic oxidation sites excluding steroid dienone is 14. The lowest BCUT2D eigenvalue weighted by atomic mass is 9.67. The van der Waals surface area contributed by atoms with Crippen LogP contribution in [0.25, 0.3) is 28.9 Å². The highest BCUT2D eigenvalue weighted by molar-refractivity contribution is 5.84. The minimum absolute atomic E-state index is 0.230. The molecule has 5 unspecified atom stereocenters. The molecular weight excluding hydrogens is 1000 g/mol. The van der Waals surface area contributed by atoms with Crippen LogP contribution >= 0.6 is 0 Å². The molecule has 0 amide bonds. The second-order valence-corrected chi connectivity index (χ2v) is 23.7. The first-order chi connectivity index (χ1) is 40.9. The molecule has 83 heavy (non-hydrogen) atoms. The molecular formula is C80H76N2O. The van der Waals surface area contributed by atoms with Gasteiger partial charge in [0.15, 0.2) is 0 Å². The van der Waals surface area contributed by atoms with Crippen molar-refractivity contribution in [3.8, 4) is 16.9 Å². The number of unbranched alkanes of at least 4 members (excludes halogenated alkanes) is 3. The van der Waals surface area contributed by atoms with E-state index in [0.717, 1.165) is 87.7 Å². The van der Waals surface area contributed by atoms with Gasteiger partial charge in [-0.05, 0) is 202 Å². The predicted molar refractivity (Wildman–Crippen MR) is 351 cm³/mol. The Morgan fingerprint density at radius 2 is 1.31 bits per heavy atom. The average molecular weight is 1080 g/mol. The van der Waals surface area contributed by atoms with Gasteiger partial charge >= 0.3 is 0 Å². The Balaban J connectivity index is 0.813. The Labute approximate surface area is 493 Å². The third kappa shape index (κ3) is 10.4. The summed E-state index contributed by atoms with van der Waals surface area (Å²) in [5, 5.41) is 0. The summed E-state index contributed by atoms with van der Waals surface area (Å²) in [5.74, 6) is 2.38. The molecule has 1 aliphatic heterocycles. The van der Waals surface area contributed by atoms with Crippen LogP contribution in [-0.2, 0) is 5.41 Å². The van der Waals surface area contributed by atoms with E-state index in [4.69, 9.17) is 4.74 Å². The second-order valence-electron chi connectivity index (χ2n) is 23.7. The lowest BCUT2D eigenvalue weighted by Crippen LogP contribution is -2.31. The number of ether oxygens (including phenoxy) is 1. The van der Waals surface area contributed by atoms with Crippen LogP contribution in [0.15, 0.2) is 278 Å². The number of rotatable bonds is 19. The van der Waals surface area contributed by atoms with Gasteiger partial charge in [0.05, 0.1) is 6.61 Å². The Bertz CT molecular complexity index is 3790. The highest BCUT2D eigenvalue weighted by atomic mass is 16.5. The molecule has 0 bridgehead atoms. The summed E-state index contributed by atoms with van der Waals surface area (Å²) in [5.41, 5.74) is 25.1. The van der Waals surface area contributed by atoms with Crippen molar-refractivity contribution in [2.24, 2.45) is 11.8 Å². The molecule has 0 saturated heterocycles. The molecule has 412 valence electrons. The van der Waals surface area contributed by atoms with E-state index in [0.29, 0.717) is 17.8 Å². The zero-order valence-corrected chi connectivity index (χ0v) is 48.2. The monoisotopic (exact) mass is 1080 g/mol. The van der Waals surface area contributed by atoms with E-state index < -0.39 is 0 Å². The van der Waals surface area contributed by atoms with Gasteiger partial charge < -0.3 is 14.5 Å². The highest BCUT2D eigenvalue weighted by Crippen LogP contribution is 2.60. The zero-order chi connectivity index (χ0) is 56.3. The number of hydrogen-bond donors (Lipinski definition) is 0. The van der Waals surface area contributed by atoms with Crippen molar-refractivity contribution < 1.29 is 4.74 Å². The molecule has 3 nitrogen and oxygen atoms in total. The summed E-state index contributed by atoms with van der Waals surface area (Å²) < 4.78 is 6.17. The van der Waals surface area contributed by atoms with Gasteiger partial charge in [-0.25, -0.2) is 0 Å². The molecule has 7 aromatic carbocycles. The summed E-state index contributed by atoms with van der Waals surface area (Å²) in [6, 6.07) is 65.4. The first-order valence-electron chi connectivity index (χ1n) is 30.6. The number of benzene rings is 7. The molecule has 13 rings (SSSR count). The van der Waals surface area contributed by atoms with E-state index in [9.17, 15) is 0 Å². The molecule has 0 fully saturated rings. The SMILES string of the molecule is C=Cc1ccc(OCCCCCCC2(c3ccccc3)C3=CC(N(C4=CC=C(c5ccc6c(c5)C5CC(C7=CCC(C=C)CC7)=CC=C5N6c5ccc(-c6ccc(C=C)cc6)cc5)C(C)C4)c4ccccc4)=CCC3c3ccccc32)cc1. The molecule has 0 radical (unpaired) electrons. The predicted octanol–water partition coefficient (Wildman–Crippen LogP) is 21.1. The highest BCUT2D eigenvalue weighted by Gasteiger charge is 2.49. The van der Waals surface area contributed by atoms with Crippen LogP contribution in [0, 0.1) is 11.8 Å². The number of para-hydroxylation sites is 1. The van der Waals surface area contributed by atoms with Crippen LogP contribution in [0.4, 0.5) is 17.1 Å². The largest absolute Gasteiger partial charge is 0.494 e. The first-order valence-corrected chi connectivity index (χ1v) is 30.6. The molecule has 0 saturated carbocycles. The lowest BCUT2D eigenvalue weighted by Gasteiger charge is -2.39. The minimum atomic E-state index is -0.230. The van der Waals surface area contributed by atoms with Crippen LogP contribution in [-0.4, -0.2) is 6.61 Å². The van der Waals surface area contributed by atoms with Gasteiger partial charge in [0.1, 0.15) is 5.75 Å². The van der Waals surface area contributed by atoms with Gasteiger partial charge in [0, 0.05) is 51.4 Å². The summed E-state index contributed by atoms with van der Waals surface area (Å²) in [6.07, 6.45) is 35.1. The summed E-state index contributed by atoms with van der Waals surface area (Å²) >= 11 is 0. The zero-order valence-electron chi connectivity index (χ0n) is 48.2. The van der Waals surface area contributed by atoms with E-state index in [1.807, 2.05) is 24.3 Å². The fourth-order valence-electron chi connectivity index (χ4n) is 14.6. The van der Waals surface area contributed by atoms with Crippen molar-refractivity contribution in [2.45, 2.75) is 94.8 Å². The van der Waals surface area contributed by atoms with Crippen molar-refractivity contribution in [3.05, 3.63) is 317 Å². The number of fused-ring (bicyclic) bond motifs is 6. The Hall–Kier alpha value is -8.66. The van der Waals surface area contributed by atoms with Crippen LogP contribution in [0.2, 0.25) is 0 Å². The first kappa shape index (κ1) is 53.6. The topological polar surface area (TPSA) is 15.7 Å². The van der Waals surface area contributed by atoms with Crippen molar-refractivity contribution in [2.75, 3.05) is 16.4 Å². The van der Waals surface area contributed by atoms with Gasteiger partial charge in [-0.3, -0.25) is 0 Å². The van der Waals surface area contributed by atoms with Gasteiger partial charge in [-0.15, -0.1) is 6.58 Å². The molecule has 5 atom stereocenters. The minimum Gasteiger partial charge on any atom is -0.494 e. The molecule has 0 spiro atoms. The van der Waals surface area contributed by atoms with Crippen LogP contribution in [0.5, 0.6) is 5.75 Å². The maximum Gasteiger partial charge on any atom is 0.119 e. The Morgan fingerprint density at radius 3 is 2.04 bits per heavy atom. The van der Waals surface area contributed by atoms with E-state index in [1.165, 1.54) is 102 Å². The van der Waals surface area contributed by atoms with Crippen LogP contribution in [0.3, 0.4) is 0 Å². The van der Waals surface area contributed by atoms with E-state index >= 15 is 0 Å².